The second-order valence-electron chi connectivity index (χ2n) is 3.98. The molecule has 118 valence electrons. The maximum absolute atomic E-state index is 12.0. The van der Waals surface area contributed by atoms with Gasteiger partial charge in [-0.15, -0.1) is 0 Å². The molecule has 9 heteroatoms. The smallest absolute Gasteiger partial charge is 0.405 e. The van der Waals surface area contributed by atoms with Crippen LogP contribution in [0, 0.1) is 0 Å². The molecule has 1 aromatic rings. The van der Waals surface area contributed by atoms with E-state index in [4.69, 9.17) is 26.8 Å². The second kappa shape index (κ2) is 7.37. The summed E-state index contributed by atoms with van der Waals surface area (Å²) in [5, 5.41) is 2.05. The van der Waals surface area contributed by atoms with E-state index in [1.54, 1.807) is 5.32 Å². The van der Waals surface area contributed by atoms with Crippen LogP contribution in [0.5, 0.6) is 11.5 Å². The molecule has 0 spiro atoms. The zero-order chi connectivity index (χ0) is 16.0. The first kappa shape index (κ1) is 17.4. The van der Waals surface area contributed by atoms with Gasteiger partial charge in [0.15, 0.2) is 18.1 Å². The summed E-state index contributed by atoms with van der Waals surface area (Å²) in [4.78, 5) is 11.3. The average Bonchev–Trinajstić information content (AvgIpc) is 2.41. The van der Waals surface area contributed by atoms with Crippen LogP contribution in [-0.4, -0.2) is 32.3 Å². The average molecular weight is 327 g/mol. The maximum Gasteiger partial charge on any atom is 0.405 e. The van der Waals surface area contributed by atoms with E-state index in [2.05, 4.69) is 0 Å². The predicted molar refractivity (Wildman–Crippen MR) is 70.5 cm³/mol. The molecule has 0 heterocycles. The van der Waals surface area contributed by atoms with Crippen molar-refractivity contribution in [1.29, 1.82) is 0 Å². The number of benzene rings is 1. The number of hydrogen-bond donors (Lipinski definition) is 2. The molecule has 0 atom stereocenters. The summed E-state index contributed by atoms with van der Waals surface area (Å²) in [5.41, 5.74) is 6.00. The van der Waals surface area contributed by atoms with E-state index in [1.807, 2.05) is 0 Å². The molecular weight excluding hydrogens is 313 g/mol. The topological polar surface area (TPSA) is 73.6 Å². The van der Waals surface area contributed by atoms with Gasteiger partial charge < -0.3 is 20.5 Å². The summed E-state index contributed by atoms with van der Waals surface area (Å²) in [7, 11) is 1.36. The number of methoxy groups -OCH3 is 1. The van der Waals surface area contributed by atoms with E-state index < -0.39 is 25.2 Å². The molecule has 0 fully saturated rings. The van der Waals surface area contributed by atoms with Crippen molar-refractivity contribution in [1.82, 2.24) is 5.32 Å². The Morgan fingerprint density at radius 1 is 1.43 bits per heavy atom. The van der Waals surface area contributed by atoms with Gasteiger partial charge in [0.2, 0.25) is 0 Å². The van der Waals surface area contributed by atoms with Gasteiger partial charge in [-0.3, -0.25) is 4.79 Å². The lowest BCUT2D eigenvalue weighted by Crippen LogP contribution is -2.36. The number of nitrogens with one attached hydrogen (secondary N) is 1. The summed E-state index contributed by atoms with van der Waals surface area (Å²) < 4.78 is 46.1. The van der Waals surface area contributed by atoms with Crippen molar-refractivity contribution in [3.05, 3.63) is 22.7 Å². The largest absolute Gasteiger partial charge is 0.493 e. The van der Waals surface area contributed by atoms with Crippen molar-refractivity contribution < 1.29 is 27.4 Å². The van der Waals surface area contributed by atoms with Crippen molar-refractivity contribution in [2.24, 2.45) is 5.73 Å². The summed E-state index contributed by atoms with van der Waals surface area (Å²) in [6.07, 6.45) is -4.48. The molecule has 0 saturated heterocycles. The summed E-state index contributed by atoms with van der Waals surface area (Å²) >= 11 is 5.85. The fourth-order valence-electron chi connectivity index (χ4n) is 1.48. The Morgan fingerprint density at radius 2 is 2.10 bits per heavy atom. The minimum Gasteiger partial charge on any atom is -0.493 e. The first-order chi connectivity index (χ1) is 9.76. The van der Waals surface area contributed by atoms with Crippen LogP contribution in [0.2, 0.25) is 5.02 Å². The first-order valence-corrected chi connectivity index (χ1v) is 6.17. The molecule has 5 nitrogen and oxygen atoms in total. The van der Waals surface area contributed by atoms with Crippen LogP contribution in [0.4, 0.5) is 13.2 Å². The molecule has 0 aromatic heterocycles. The molecule has 1 aromatic carbocycles. The Morgan fingerprint density at radius 3 is 2.62 bits per heavy atom. The quantitative estimate of drug-likeness (QED) is 0.837. The van der Waals surface area contributed by atoms with Gasteiger partial charge in [0.1, 0.15) is 6.54 Å². The van der Waals surface area contributed by atoms with E-state index >= 15 is 0 Å². The van der Waals surface area contributed by atoms with Crippen molar-refractivity contribution in [3.8, 4) is 11.5 Å². The lowest BCUT2D eigenvalue weighted by atomic mass is 10.2. The lowest BCUT2D eigenvalue weighted by molar-refractivity contribution is -0.139. The monoisotopic (exact) mass is 326 g/mol. The van der Waals surface area contributed by atoms with Gasteiger partial charge in [-0.05, 0) is 6.07 Å². The standard InChI is InChI=1S/C12H14ClF3N2O3/c1-20-9-3-8(13)2-7(4-17)11(9)21-5-10(19)18-6-12(14,15)16/h2-3H,4-6,17H2,1H3,(H,18,19). The number of hydrogen-bond acceptors (Lipinski definition) is 4. The van der Waals surface area contributed by atoms with Crippen molar-refractivity contribution in [3.63, 3.8) is 0 Å². The van der Waals surface area contributed by atoms with Crippen LogP contribution >= 0.6 is 11.6 Å². The van der Waals surface area contributed by atoms with Gasteiger partial charge in [0.25, 0.3) is 5.91 Å². The Bertz CT molecular complexity index is 484. The lowest BCUT2D eigenvalue weighted by Gasteiger charge is -2.15. The number of rotatable bonds is 6. The number of alkyl halides is 3. The molecule has 1 amide bonds. The highest BCUT2D eigenvalue weighted by Gasteiger charge is 2.27. The molecular formula is C12H14ClF3N2O3. The number of carbonyl (C=O) groups is 1. The van der Waals surface area contributed by atoms with E-state index in [9.17, 15) is 18.0 Å². The third-order valence-electron chi connectivity index (χ3n) is 2.37. The van der Waals surface area contributed by atoms with Crippen LogP contribution in [-0.2, 0) is 11.3 Å². The summed E-state index contributed by atoms with van der Waals surface area (Å²) in [6.45, 7) is -1.95. The van der Waals surface area contributed by atoms with E-state index in [-0.39, 0.29) is 18.0 Å². The number of halogens is 4. The van der Waals surface area contributed by atoms with Crippen LogP contribution < -0.4 is 20.5 Å². The van der Waals surface area contributed by atoms with Crippen LogP contribution in [0.25, 0.3) is 0 Å². The van der Waals surface area contributed by atoms with E-state index in [0.717, 1.165) is 0 Å². The first-order valence-electron chi connectivity index (χ1n) is 5.79. The van der Waals surface area contributed by atoms with Gasteiger partial charge in [0, 0.05) is 23.2 Å². The fourth-order valence-corrected chi connectivity index (χ4v) is 1.71. The van der Waals surface area contributed by atoms with Crippen molar-refractivity contribution >= 4 is 17.5 Å². The van der Waals surface area contributed by atoms with Gasteiger partial charge >= 0.3 is 6.18 Å². The van der Waals surface area contributed by atoms with E-state index in [0.29, 0.717) is 10.6 Å². The van der Waals surface area contributed by atoms with Crippen molar-refractivity contribution in [2.45, 2.75) is 12.7 Å². The molecule has 0 aliphatic heterocycles. The Hall–Kier alpha value is -1.67. The number of nitrogens with two attached hydrogens (primary N) is 1. The minimum atomic E-state index is -4.48. The van der Waals surface area contributed by atoms with E-state index in [1.165, 1.54) is 19.2 Å². The maximum atomic E-state index is 12.0. The Labute approximate surface area is 124 Å². The highest BCUT2D eigenvalue weighted by molar-refractivity contribution is 6.30. The molecule has 3 N–H and O–H groups in total. The highest BCUT2D eigenvalue weighted by Crippen LogP contribution is 2.34. The summed E-state index contributed by atoms with van der Waals surface area (Å²) in [6, 6.07) is 2.97. The fraction of sp³-hybridized carbons (Fsp3) is 0.417. The number of amides is 1. The van der Waals surface area contributed by atoms with Crippen molar-refractivity contribution in [2.75, 3.05) is 20.3 Å². The van der Waals surface area contributed by atoms with Gasteiger partial charge in [-0.25, -0.2) is 0 Å². The zero-order valence-corrected chi connectivity index (χ0v) is 11.8. The highest BCUT2D eigenvalue weighted by atomic mass is 35.5. The van der Waals surface area contributed by atoms with Crippen LogP contribution in [0.3, 0.4) is 0 Å². The SMILES string of the molecule is COc1cc(Cl)cc(CN)c1OCC(=O)NCC(F)(F)F. The van der Waals surface area contributed by atoms with Crippen LogP contribution in [0.1, 0.15) is 5.56 Å². The summed E-state index contributed by atoms with van der Waals surface area (Å²) in [5.74, 6) is -0.495. The molecule has 1 rings (SSSR count). The number of carbonyl (C=O) groups excluding carboxylic acids is 1. The molecule has 0 unspecified atom stereocenters. The predicted octanol–water partition coefficient (Wildman–Crippen LogP) is 1.86. The van der Waals surface area contributed by atoms with Crippen LogP contribution in [0.15, 0.2) is 12.1 Å². The molecule has 0 aliphatic rings. The Kier molecular flexibility index (Phi) is 6.10. The molecule has 0 radical (unpaired) electrons. The third-order valence-corrected chi connectivity index (χ3v) is 2.59. The molecule has 21 heavy (non-hydrogen) atoms. The molecule has 0 bridgehead atoms. The third kappa shape index (κ3) is 5.68. The van der Waals surface area contributed by atoms with Gasteiger partial charge in [-0.2, -0.15) is 13.2 Å². The zero-order valence-electron chi connectivity index (χ0n) is 11.1. The number of ether oxygens (including phenoxy) is 2. The minimum absolute atomic E-state index is 0.0659. The van der Waals surface area contributed by atoms with Gasteiger partial charge in [-0.1, -0.05) is 11.6 Å². The normalized spacial score (nSPS) is 11.1. The Balaban J connectivity index is 2.72. The van der Waals surface area contributed by atoms with Gasteiger partial charge in [0.05, 0.1) is 7.11 Å². The molecule has 0 saturated carbocycles. The molecule has 0 aliphatic carbocycles. The second-order valence-corrected chi connectivity index (χ2v) is 4.42.